The smallest absolute Gasteiger partial charge is 0.408 e. The molecule has 0 aliphatic carbocycles. The zero-order chi connectivity index (χ0) is 33.6. The third-order valence-corrected chi connectivity index (χ3v) is 7.56. The Balaban J connectivity index is 1.34. The van der Waals surface area contributed by atoms with E-state index in [-0.39, 0.29) is 12.8 Å². The molecule has 2 fully saturated rings. The summed E-state index contributed by atoms with van der Waals surface area (Å²) < 4.78 is 14.4. The Morgan fingerprint density at radius 3 is 1.96 bits per heavy atom. The molecular weight excluding hydrogens is 677 g/mol. The summed E-state index contributed by atoms with van der Waals surface area (Å²) in [6, 6.07) is 23.2. The molecule has 12 nitrogen and oxygen atoms in total. The maximum atomic E-state index is 13.9. The Morgan fingerprint density at radius 2 is 1.45 bits per heavy atom. The number of halogens is 3. The highest BCUT2D eigenvalue weighted by atomic mass is 35.6. The van der Waals surface area contributed by atoms with Crippen molar-refractivity contribution in [3.05, 3.63) is 108 Å². The van der Waals surface area contributed by atoms with Crippen LogP contribution in [0.4, 0.5) is 4.79 Å². The van der Waals surface area contributed by atoms with Gasteiger partial charge < -0.3 is 24.8 Å². The van der Waals surface area contributed by atoms with E-state index in [4.69, 9.17) is 53.9 Å². The first-order valence-electron chi connectivity index (χ1n) is 14.3. The number of nitrogens with zero attached hydrogens (tertiary/aromatic N) is 1. The third kappa shape index (κ3) is 8.14. The van der Waals surface area contributed by atoms with Gasteiger partial charge in [-0.3, -0.25) is 19.2 Å². The van der Waals surface area contributed by atoms with E-state index in [0.29, 0.717) is 21.8 Å². The van der Waals surface area contributed by atoms with Gasteiger partial charge in [-0.05, 0) is 16.7 Å². The molecule has 246 valence electrons. The fraction of sp³-hybridized carbons (Fsp3) is 0.281. The second-order valence-electron chi connectivity index (χ2n) is 10.5. The molecule has 3 amide bonds. The molecule has 2 N–H and O–H groups in total. The highest BCUT2D eigenvalue weighted by molar-refractivity contribution is 6.67. The van der Waals surface area contributed by atoms with Crippen LogP contribution in [0.25, 0.3) is 0 Å². The van der Waals surface area contributed by atoms with Crippen LogP contribution in [0.2, 0.25) is 0 Å². The van der Waals surface area contributed by atoms with Crippen LogP contribution in [0, 0.1) is 0 Å². The number of hydroxylamine groups is 2. The van der Waals surface area contributed by atoms with E-state index in [1.807, 2.05) is 12.1 Å². The summed E-state index contributed by atoms with van der Waals surface area (Å²) in [7, 11) is 0. The van der Waals surface area contributed by atoms with E-state index in [9.17, 15) is 24.0 Å². The van der Waals surface area contributed by atoms with Gasteiger partial charge in [0.1, 0.15) is 25.3 Å². The van der Waals surface area contributed by atoms with Crippen LogP contribution in [0.5, 0.6) is 0 Å². The van der Waals surface area contributed by atoms with Crippen LogP contribution in [-0.4, -0.2) is 63.7 Å². The Kier molecular flexibility index (Phi) is 10.6. The zero-order valence-electron chi connectivity index (χ0n) is 24.5. The Labute approximate surface area is 284 Å². The molecule has 47 heavy (non-hydrogen) atoms. The predicted octanol–water partition coefficient (Wildman–Crippen LogP) is 4.45. The number of esters is 2. The van der Waals surface area contributed by atoms with Crippen LogP contribution >= 0.6 is 34.8 Å². The number of alkyl halides is 3. The molecule has 0 spiro atoms. The Bertz CT molecular complexity index is 1570. The number of rotatable bonds is 10. The summed E-state index contributed by atoms with van der Waals surface area (Å²) in [6.45, 7) is -1.01. The number of carbonyl (C=O) groups excluding carboxylic acids is 5. The lowest BCUT2D eigenvalue weighted by Crippen LogP contribution is -2.58. The van der Waals surface area contributed by atoms with Crippen LogP contribution in [0.15, 0.2) is 91.0 Å². The molecule has 2 saturated heterocycles. The highest BCUT2D eigenvalue weighted by Gasteiger charge is 2.60. The average molecular weight is 705 g/mol. The van der Waals surface area contributed by atoms with Gasteiger partial charge in [-0.15, -0.1) is 0 Å². The normalized spacial score (nSPS) is 20.0. The topological polar surface area (TPSA) is 150 Å². The molecule has 0 saturated carbocycles. The van der Waals surface area contributed by atoms with Crippen molar-refractivity contribution in [3.63, 3.8) is 0 Å². The number of alkyl carbamates (subject to hydrolysis) is 1. The van der Waals surface area contributed by atoms with Crippen LogP contribution in [0.3, 0.4) is 0 Å². The van der Waals surface area contributed by atoms with Crippen molar-refractivity contribution < 1.29 is 43.0 Å². The van der Waals surface area contributed by atoms with Crippen molar-refractivity contribution in [2.75, 3.05) is 13.2 Å². The van der Waals surface area contributed by atoms with Gasteiger partial charge in [0.05, 0.1) is 6.42 Å². The molecule has 3 aromatic rings. The SMILES string of the molecule is O=C1CCC(C(=O)OC(c2ccccc2)c2ccccc2)(N2OC[C@H](NC(=O)C(NC(=O)OCC(Cl)(Cl)Cl)c3ccccc3)C2=O)O1. The van der Waals surface area contributed by atoms with Crippen molar-refractivity contribution in [3.8, 4) is 0 Å². The lowest BCUT2D eigenvalue weighted by molar-refractivity contribution is -0.260. The van der Waals surface area contributed by atoms with Crippen molar-refractivity contribution in [1.82, 2.24) is 15.7 Å². The van der Waals surface area contributed by atoms with Gasteiger partial charge in [-0.25, -0.2) is 9.59 Å². The van der Waals surface area contributed by atoms with E-state index in [0.717, 1.165) is 0 Å². The number of carbonyl (C=O) groups is 5. The zero-order valence-corrected chi connectivity index (χ0v) is 26.7. The highest BCUT2D eigenvalue weighted by Crippen LogP contribution is 2.38. The van der Waals surface area contributed by atoms with E-state index in [1.165, 1.54) is 0 Å². The monoisotopic (exact) mass is 703 g/mol. The van der Waals surface area contributed by atoms with Crippen molar-refractivity contribution in [2.24, 2.45) is 0 Å². The summed E-state index contributed by atoms with van der Waals surface area (Å²) >= 11 is 16.9. The van der Waals surface area contributed by atoms with Gasteiger partial charge in [-0.2, -0.15) is 5.06 Å². The number of cyclic esters (lactones) is 1. The Morgan fingerprint density at radius 1 is 0.894 bits per heavy atom. The maximum absolute atomic E-state index is 13.9. The molecule has 0 bridgehead atoms. The van der Waals surface area contributed by atoms with Crippen LogP contribution in [-0.2, 0) is 38.2 Å². The van der Waals surface area contributed by atoms with Gasteiger partial charge in [0.25, 0.3) is 5.91 Å². The molecule has 3 aromatic carbocycles. The summed E-state index contributed by atoms with van der Waals surface area (Å²) in [5.41, 5.74) is -0.640. The van der Waals surface area contributed by atoms with Gasteiger partial charge in [0.15, 0.2) is 6.10 Å². The van der Waals surface area contributed by atoms with E-state index in [1.54, 1.807) is 78.9 Å². The largest absolute Gasteiger partial charge is 0.448 e. The molecule has 2 aliphatic heterocycles. The van der Waals surface area contributed by atoms with E-state index in [2.05, 4.69) is 10.6 Å². The molecule has 0 aromatic heterocycles. The first kappa shape index (κ1) is 34.0. The fourth-order valence-electron chi connectivity index (χ4n) is 5.03. The second kappa shape index (κ2) is 14.6. The molecule has 5 rings (SSSR count). The number of nitrogens with one attached hydrogen (secondary N) is 2. The van der Waals surface area contributed by atoms with Gasteiger partial charge in [-0.1, -0.05) is 126 Å². The van der Waals surface area contributed by atoms with Crippen molar-refractivity contribution >= 4 is 64.6 Å². The first-order chi connectivity index (χ1) is 22.5. The molecular formula is C32H28Cl3N3O9. The standard InChI is InChI=1S/C32H28Cl3N3O9/c33-32(34,35)19-44-30(43)37-25(20-10-4-1-5-11-20)27(40)36-23-18-45-38(28(23)41)31(17-16-24(39)47-31)29(42)46-26(21-12-6-2-7-13-21)22-14-8-3-9-15-22/h1-15,23,25-26H,16-19H2,(H,36,40)(H,37,43)/t23-,25?,31?/m0/s1. The predicted molar refractivity (Wildman–Crippen MR) is 168 cm³/mol. The number of hydrogen-bond acceptors (Lipinski definition) is 9. The van der Waals surface area contributed by atoms with Crippen molar-refractivity contribution in [1.29, 1.82) is 0 Å². The molecule has 0 radical (unpaired) electrons. The lowest BCUT2D eigenvalue weighted by Gasteiger charge is -2.34. The molecule has 15 heteroatoms. The summed E-state index contributed by atoms with van der Waals surface area (Å²) in [6.07, 6.45) is -2.43. The summed E-state index contributed by atoms with van der Waals surface area (Å²) in [4.78, 5) is 71.6. The average Bonchev–Trinajstić information content (AvgIpc) is 3.64. The molecule has 2 heterocycles. The molecule has 2 unspecified atom stereocenters. The van der Waals surface area contributed by atoms with E-state index >= 15 is 0 Å². The summed E-state index contributed by atoms with van der Waals surface area (Å²) in [5.74, 6) is -3.49. The van der Waals surface area contributed by atoms with Gasteiger partial charge >= 0.3 is 23.8 Å². The van der Waals surface area contributed by atoms with E-state index < -0.39 is 70.8 Å². The number of ether oxygens (including phenoxy) is 3. The number of hydrogen-bond donors (Lipinski definition) is 2. The lowest BCUT2D eigenvalue weighted by atomic mass is 10.0. The second-order valence-corrected chi connectivity index (χ2v) is 13.1. The van der Waals surface area contributed by atoms with Gasteiger partial charge in [0.2, 0.25) is 9.70 Å². The van der Waals surface area contributed by atoms with Crippen molar-refractivity contribution in [2.45, 2.75) is 40.5 Å². The molecule has 3 atom stereocenters. The van der Waals surface area contributed by atoms with Crippen LogP contribution in [0.1, 0.15) is 41.7 Å². The third-order valence-electron chi connectivity index (χ3n) is 7.24. The summed E-state index contributed by atoms with van der Waals surface area (Å²) in [5, 5.41) is 5.55. The molecule has 2 aliphatic rings. The van der Waals surface area contributed by atoms with Crippen LogP contribution < -0.4 is 10.6 Å². The number of amides is 3. The minimum absolute atomic E-state index is 0.198. The van der Waals surface area contributed by atoms with Gasteiger partial charge in [0, 0.05) is 6.42 Å². The maximum Gasteiger partial charge on any atom is 0.408 e. The number of benzene rings is 3. The minimum Gasteiger partial charge on any atom is -0.448 e. The first-order valence-corrected chi connectivity index (χ1v) is 15.5. The quantitative estimate of drug-likeness (QED) is 0.177. The minimum atomic E-state index is -2.26. The Hall–Kier alpha value is -4.36. The fourth-order valence-corrected chi connectivity index (χ4v) is 5.20.